The number of alkyl halides is 2. The maximum absolute atomic E-state index is 13.1. The van der Waals surface area contributed by atoms with Gasteiger partial charge < -0.3 is 10.1 Å². The third-order valence-electron chi connectivity index (χ3n) is 6.83. The zero-order chi connectivity index (χ0) is 24.1. The largest absolute Gasteiger partial charge is 0.452 e. The van der Waals surface area contributed by atoms with Crippen LogP contribution in [-0.4, -0.2) is 41.1 Å². The van der Waals surface area contributed by atoms with Crippen molar-refractivity contribution in [2.24, 2.45) is 23.7 Å². The molecule has 10 heteroatoms. The third kappa shape index (κ3) is 3.76. The number of hydrogen-bond donors (Lipinski definition) is 1. The molecular weight excluding hydrogens is 503 g/mol. The quantitative estimate of drug-likeness (QED) is 0.363. The Balaban J connectivity index is 1.22. The number of para-hydroxylation sites is 1. The topological polar surface area (TPSA) is 92.8 Å². The molecule has 0 unspecified atom stereocenters. The van der Waals surface area contributed by atoms with E-state index in [-0.39, 0.29) is 40.0 Å². The first-order valence-corrected chi connectivity index (χ1v) is 12.0. The van der Waals surface area contributed by atoms with Crippen molar-refractivity contribution >= 4 is 69.9 Å². The van der Waals surface area contributed by atoms with E-state index < -0.39 is 30.3 Å². The van der Waals surface area contributed by atoms with Crippen LogP contribution in [0.25, 0.3) is 0 Å². The highest BCUT2D eigenvalue weighted by Crippen LogP contribution is 2.59. The Morgan fingerprint density at radius 3 is 2.12 bits per heavy atom. The molecule has 2 saturated carbocycles. The molecule has 7 nitrogen and oxygen atoms in total. The molecule has 2 bridgehead atoms. The molecule has 2 aliphatic carbocycles. The summed E-state index contributed by atoms with van der Waals surface area (Å²) in [5, 5.41) is 2.28. The van der Waals surface area contributed by atoms with Gasteiger partial charge in [-0.1, -0.05) is 23.7 Å². The number of fused-ring (bicyclic) bond motifs is 5. The van der Waals surface area contributed by atoms with E-state index in [0.29, 0.717) is 22.8 Å². The summed E-state index contributed by atoms with van der Waals surface area (Å²) in [7, 11) is 0. The summed E-state index contributed by atoms with van der Waals surface area (Å²) in [4.78, 5) is 51.7. The number of esters is 1. The molecule has 34 heavy (non-hydrogen) atoms. The summed E-state index contributed by atoms with van der Waals surface area (Å²) in [6.07, 6.45) is 0.692. The lowest BCUT2D eigenvalue weighted by molar-refractivity contribution is -0.123. The summed E-state index contributed by atoms with van der Waals surface area (Å²) >= 11 is 18.8. The number of carbonyl (C=O) groups excluding carboxylic acids is 4. The van der Waals surface area contributed by atoms with Crippen molar-refractivity contribution in [1.82, 2.24) is 0 Å². The number of imide groups is 1. The molecule has 1 aliphatic heterocycles. The van der Waals surface area contributed by atoms with Gasteiger partial charge in [-0.2, -0.15) is 0 Å². The minimum atomic E-state index is -0.718. The molecule has 1 N–H and O–H groups in total. The van der Waals surface area contributed by atoms with Gasteiger partial charge in [0.15, 0.2) is 6.61 Å². The maximum Gasteiger partial charge on any atom is 0.338 e. The third-order valence-corrected chi connectivity index (χ3v) is 8.48. The SMILES string of the molecule is O=C(COC(=O)c1ccc(N2C(=O)[C@@H]3[C@H]4C[C@@H]([C@@H](Cl)[C@H]4Cl)[C@H]3C2=O)cc1)Nc1ccccc1Cl. The van der Waals surface area contributed by atoms with Gasteiger partial charge in [0, 0.05) is 0 Å². The van der Waals surface area contributed by atoms with Crippen molar-refractivity contribution in [1.29, 1.82) is 0 Å². The smallest absolute Gasteiger partial charge is 0.338 e. The van der Waals surface area contributed by atoms with Gasteiger partial charge in [0.05, 0.1) is 44.6 Å². The van der Waals surface area contributed by atoms with Crippen LogP contribution in [0.2, 0.25) is 5.02 Å². The fraction of sp³-hybridized carbons (Fsp3) is 0.333. The molecule has 6 atom stereocenters. The summed E-state index contributed by atoms with van der Waals surface area (Å²) < 4.78 is 5.06. The predicted molar refractivity (Wildman–Crippen MR) is 127 cm³/mol. The normalized spacial score (nSPS) is 29.3. The second-order valence-electron chi connectivity index (χ2n) is 8.67. The number of anilines is 2. The van der Waals surface area contributed by atoms with E-state index in [4.69, 9.17) is 39.5 Å². The average molecular weight is 522 g/mol. The molecule has 2 aromatic rings. The van der Waals surface area contributed by atoms with Gasteiger partial charge >= 0.3 is 5.97 Å². The van der Waals surface area contributed by atoms with E-state index in [1.165, 1.54) is 29.2 Å². The van der Waals surface area contributed by atoms with Crippen molar-refractivity contribution in [3.8, 4) is 0 Å². The monoisotopic (exact) mass is 520 g/mol. The number of nitrogens with zero attached hydrogens (tertiary/aromatic N) is 1. The minimum Gasteiger partial charge on any atom is -0.452 e. The van der Waals surface area contributed by atoms with E-state index in [9.17, 15) is 19.2 Å². The Morgan fingerprint density at radius 2 is 1.53 bits per heavy atom. The highest BCUT2D eigenvalue weighted by atomic mass is 35.5. The zero-order valence-electron chi connectivity index (χ0n) is 17.6. The minimum absolute atomic E-state index is 0.105. The fourth-order valence-corrected chi connectivity index (χ4v) is 6.39. The Bertz CT molecular complexity index is 1160. The van der Waals surface area contributed by atoms with Crippen molar-refractivity contribution in [3.63, 3.8) is 0 Å². The Morgan fingerprint density at radius 1 is 0.941 bits per heavy atom. The first kappa shape index (κ1) is 23.1. The van der Waals surface area contributed by atoms with Crippen LogP contribution in [0.1, 0.15) is 16.8 Å². The van der Waals surface area contributed by atoms with Gasteiger partial charge in [-0.25, -0.2) is 4.79 Å². The highest BCUT2D eigenvalue weighted by molar-refractivity contribution is 6.34. The van der Waals surface area contributed by atoms with E-state index >= 15 is 0 Å². The van der Waals surface area contributed by atoms with Gasteiger partial charge in [-0.05, 0) is 54.7 Å². The van der Waals surface area contributed by atoms with Crippen molar-refractivity contribution in [2.75, 3.05) is 16.8 Å². The number of halogens is 3. The standard InChI is InChI=1S/C24H19Cl3N2O5/c25-15-3-1-2-4-16(15)28-17(30)10-34-24(33)11-5-7-12(8-6-11)29-22(31)18-13-9-14(19(18)23(29)32)21(27)20(13)26/h1-8,13-14,18-21H,9-10H2,(H,28,30)/t13-,14-,18-,19-,20-,21+/m1/s1. The van der Waals surface area contributed by atoms with Crippen LogP contribution in [0.15, 0.2) is 48.5 Å². The van der Waals surface area contributed by atoms with Crippen LogP contribution >= 0.6 is 34.8 Å². The lowest BCUT2D eigenvalue weighted by Crippen LogP contribution is -2.37. The van der Waals surface area contributed by atoms with Crippen molar-refractivity contribution in [3.05, 3.63) is 59.1 Å². The summed E-state index contributed by atoms with van der Waals surface area (Å²) in [5.74, 6) is -2.91. The van der Waals surface area contributed by atoms with Crippen LogP contribution in [0.3, 0.4) is 0 Å². The fourth-order valence-electron chi connectivity index (χ4n) is 5.31. The van der Waals surface area contributed by atoms with E-state index in [2.05, 4.69) is 5.32 Å². The molecule has 3 aliphatic rings. The Hall–Kier alpha value is -2.61. The predicted octanol–water partition coefficient (Wildman–Crippen LogP) is 4.11. The summed E-state index contributed by atoms with van der Waals surface area (Å²) in [6.45, 7) is -0.500. The number of carbonyl (C=O) groups is 4. The molecule has 1 heterocycles. The number of nitrogens with one attached hydrogen (secondary N) is 1. The van der Waals surface area contributed by atoms with Crippen molar-refractivity contribution in [2.45, 2.75) is 17.2 Å². The van der Waals surface area contributed by atoms with Crippen LogP contribution < -0.4 is 10.2 Å². The highest BCUT2D eigenvalue weighted by Gasteiger charge is 2.66. The van der Waals surface area contributed by atoms with Gasteiger partial charge in [-0.3, -0.25) is 19.3 Å². The van der Waals surface area contributed by atoms with E-state index in [0.717, 1.165) is 0 Å². The first-order valence-electron chi connectivity index (χ1n) is 10.8. The van der Waals surface area contributed by atoms with Crippen LogP contribution in [-0.2, 0) is 19.1 Å². The molecule has 5 rings (SSSR count). The Kier molecular flexibility index (Phi) is 6.04. The lowest BCUT2D eigenvalue weighted by Gasteiger charge is -2.28. The Labute approximate surface area is 210 Å². The molecule has 0 radical (unpaired) electrons. The average Bonchev–Trinajstić information content (AvgIpc) is 3.44. The molecule has 0 aromatic heterocycles. The van der Waals surface area contributed by atoms with Crippen LogP contribution in [0.5, 0.6) is 0 Å². The summed E-state index contributed by atoms with van der Waals surface area (Å²) in [6, 6.07) is 12.6. The number of rotatable bonds is 5. The van der Waals surface area contributed by atoms with Gasteiger partial charge in [0.25, 0.3) is 5.91 Å². The molecule has 3 amide bonds. The molecule has 0 spiro atoms. The summed E-state index contributed by atoms with van der Waals surface area (Å²) in [5.41, 5.74) is 0.957. The van der Waals surface area contributed by atoms with Gasteiger partial charge in [-0.15, -0.1) is 23.2 Å². The molecule has 176 valence electrons. The van der Waals surface area contributed by atoms with Crippen LogP contribution in [0, 0.1) is 23.7 Å². The molecule has 1 saturated heterocycles. The second-order valence-corrected chi connectivity index (χ2v) is 10.1. The number of amides is 3. The van der Waals surface area contributed by atoms with Gasteiger partial charge in [0.1, 0.15) is 0 Å². The van der Waals surface area contributed by atoms with Gasteiger partial charge in [0.2, 0.25) is 11.8 Å². The molecule has 3 fully saturated rings. The zero-order valence-corrected chi connectivity index (χ0v) is 19.9. The maximum atomic E-state index is 13.1. The molecular formula is C24H19Cl3N2O5. The number of hydrogen-bond acceptors (Lipinski definition) is 5. The van der Waals surface area contributed by atoms with Crippen molar-refractivity contribution < 1.29 is 23.9 Å². The number of ether oxygens (including phenoxy) is 1. The number of benzene rings is 2. The van der Waals surface area contributed by atoms with E-state index in [1.54, 1.807) is 24.3 Å². The lowest BCUT2D eigenvalue weighted by atomic mass is 9.80. The van der Waals surface area contributed by atoms with Crippen LogP contribution in [0.4, 0.5) is 11.4 Å². The van der Waals surface area contributed by atoms with E-state index in [1.807, 2.05) is 0 Å². The first-order chi connectivity index (χ1) is 16.3. The molecule has 2 aromatic carbocycles. The second kappa shape index (κ2) is 8.87.